The maximum absolute atomic E-state index is 13.4. The van der Waals surface area contributed by atoms with Gasteiger partial charge in [-0.25, -0.2) is 9.74 Å². The molecule has 0 fully saturated rings. The first-order valence-corrected chi connectivity index (χ1v) is 10.00. The third-order valence-corrected chi connectivity index (χ3v) is 4.48. The predicted molar refractivity (Wildman–Crippen MR) is 119 cm³/mol. The number of halogens is 4. The number of alkyl halides is 3. The van der Waals surface area contributed by atoms with Gasteiger partial charge in [-0.2, -0.15) is 13.2 Å². The van der Waals surface area contributed by atoms with Crippen molar-refractivity contribution in [1.82, 2.24) is 0 Å². The second kappa shape index (κ2) is 11.2. The van der Waals surface area contributed by atoms with E-state index >= 15 is 0 Å². The van der Waals surface area contributed by atoms with Crippen LogP contribution in [-0.4, -0.2) is 11.1 Å². The number of carbonyl (C=O) groups is 1. The standard InChI is InChI=1S/C26H22F4O3/c1-4-5-6-18(8-7-17(2)3)23-15-21(25(32)33-30)12-10-19(23)9-11-20-13-14-22(31)16-24(20)26(27,28)29/h6-8,10,12-16,31H,2,4-5H2,1,3H3/b8-7-,18-6+. The van der Waals surface area contributed by atoms with Crippen LogP contribution >= 0.6 is 0 Å². The fourth-order valence-electron chi connectivity index (χ4n) is 2.87. The van der Waals surface area contributed by atoms with E-state index in [0.717, 1.165) is 24.1 Å². The first-order valence-electron chi connectivity index (χ1n) is 10.00. The minimum atomic E-state index is -4.71. The Morgan fingerprint density at radius 3 is 2.39 bits per heavy atom. The molecule has 0 spiro atoms. The second-order valence-electron chi connectivity index (χ2n) is 7.23. The summed E-state index contributed by atoms with van der Waals surface area (Å²) in [6.45, 7) is 7.56. The highest BCUT2D eigenvalue weighted by molar-refractivity contribution is 5.91. The van der Waals surface area contributed by atoms with Gasteiger partial charge in [-0.15, -0.1) is 0 Å². The molecule has 0 saturated carbocycles. The van der Waals surface area contributed by atoms with E-state index in [1.807, 2.05) is 13.0 Å². The van der Waals surface area contributed by atoms with Crippen molar-refractivity contribution in [3.8, 4) is 17.6 Å². The molecule has 0 aliphatic heterocycles. The number of hydrogen-bond acceptors (Lipinski definition) is 3. The number of benzene rings is 2. The molecule has 0 unspecified atom stereocenters. The zero-order valence-electron chi connectivity index (χ0n) is 18.1. The zero-order valence-corrected chi connectivity index (χ0v) is 18.1. The average Bonchev–Trinajstić information content (AvgIpc) is 2.77. The highest BCUT2D eigenvalue weighted by Gasteiger charge is 2.33. The normalized spacial score (nSPS) is 11.8. The van der Waals surface area contributed by atoms with E-state index < -0.39 is 23.5 Å². The monoisotopic (exact) mass is 458 g/mol. The summed E-state index contributed by atoms with van der Waals surface area (Å²) in [4.78, 5) is 15.0. The number of rotatable bonds is 6. The molecule has 0 heterocycles. The quantitative estimate of drug-likeness (QED) is 0.284. The van der Waals surface area contributed by atoms with Crippen LogP contribution in [0.1, 0.15) is 59.3 Å². The summed E-state index contributed by atoms with van der Waals surface area (Å²) >= 11 is 0. The van der Waals surface area contributed by atoms with Gasteiger partial charge < -0.3 is 5.11 Å². The number of aromatic hydroxyl groups is 1. The van der Waals surface area contributed by atoms with Gasteiger partial charge in [0, 0.05) is 15.7 Å². The van der Waals surface area contributed by atoms with Crippen LogP contribution < -0.4 is 0 Å². The molecule has 0 aliphatic rings. The van der Waals surface area contributed by atoms with Crippen LogP contribution in [0.3, 0.4) is 0 Å². The Kier molecular flexibility index (Phi) is 8.63. The van der Waals surface area contributed by atoms with Crippen LogP contribution in [0.4, 0.5) is 17.7 Å². The molecule has 0 atom stereocenters. The third-order valence-electron chi connectivity index (χ3n) is 4.48. The molecule has 7 heteroatoms. The third kappa shape index (κ3) is 7.11. The fraction of sp³-hybridized carbons (Fsp3) is 0.192. The summed E-state index contributed by atoms with van der Waals surface area (Å²) in [5.41, 5.74) is 0.657. The van der Waals surface area contributed by atoms with E-state index in [0.29, 0.717) is 29.2 Å². The number of allylic oxidation sites excluding steroid dienone is 5. The Balaban J connectivity index is 2.71. The molecule has 33 heavy (non-hydrogen) atoms. The van der Waals surface area contributed by atoms with Gasteiger partial charge in [0.25, 0.3) is 0 Å². The number of phenols is 1. The zero-order chi connectivity index (χ0) is 24.6. The van der Waals surface area contributed by atoms with Gasteiger partial charge in [-0.3, -0.25) is 0 Å². The topological polar surface area (TPSA) is 46.5 Å². The second-order valence-corrected chi connectivity index (χ2v) is 7.23. The minimum absolute atomic E-state index is 0.0789. The summed E-state index contributed by atoms with van der Waals surface area (Å²) in [5.74, 6) is 3.49. The molecule has 2 aromatic rings. The lowest BCUT2D eigenvalue weighted by Gasteiger charge is -2.10. The molecule has 0 bridgehead atoms. The smallest absolute Gasteiger partial charge is 0.417 e. The molecule has 2 rings (SSSR count). The van der Waals surface area contributed by atoms with Crippen LogP contribution in [0.15, 0.2) is 66.8 Å². The van der Waals surface area contributed by atoms with E-state index in [4.69, 9.17) is 0 Å². The summed E-state index contributed by atoms with van der Waals surface area (Å²) in [6.07, 6.45) is 2.14. The Labute approximate surface area is 189 Å². The SMILES string of the molecule is C=C(C)/C=C\C(=C/CCC)c1cc(C(=O)OF)ccc1C#Cc1ccc(O)cc1C(F)(F)F. The summed E-state index contributed by atoms with van der Waals surface area (Å²) in [6, 6.07) is 6.86. The fourth-order valence-corrected chi connectivity index (χ4v) is 2.87. The van der Waals surface area contributed by atoms with Crippen molar-refractivity contribution in [2.75, 3.05) is 0 Å². The van der Waals surface area contributed by atoms with Gasteiger partial charge in [0.15, 0.2) is 0 Å². The number of hydrogen-bond donors (Lipinski definition) is 1. The molecular formula is C26H22F4O3. The Bertz CT molecular complexity index is 1160. The van der Waals surface area contributed by atoms with Gasteiger partial charge in [-0.1, -0.05) is 55.6 Å². The molecule has 0 saturated heterocycles. The van der Waals surface area contributed by atoms with Crippen LogP contribution in [0, 0.1) is 11.8 Å². The summed E-state index contributed by atoms with van der Waals surface area (Å²) in [5, 5.41) is 9.45. The van der Waals surface area contributed by atoms with E-state index in [1.165, 1.54) is 18.2 Å². The molecule has 0 aromatic heterocycles. The molecule has 2 aromatic carbocycles. The molecule has 0 amide bonds. The van der Waals surface area contributed by atoms with Crippen LogP contribution in [-0.2, 0) is 11.1 Å². The highest BCUT2D eigenvalue weighted by Crippen LogP contribution is 2.34. The molecule has 172 valence electrons. The van der Waals surface area contributed by atoms with Crippen molar-refractivity contribution in [1.29, 1.82) is 0 Å². The molecular weight excluding hydrogens is 436 g/mol. The van der Waals surface area contributed by atoms with E-state index in [9.17, 15) is 27.6 Å². The van der Waals surface area contributed by atoms with Gasteiger partial charge >= 0.3 is 12.1 Å². The summed E-state index contributed by atoms with van der Waals surface area (Å²) in [7, 11) is 0. The molecule has 0 radical (unpaired) electrons. The van der Waals surface area contributed by atoms with Gasteiger partial charge in [0.05, 0.1) is 11.1 Å². The predicted octanol–water partition coefficient (Wildman–Crippen LogP) is 7.17. The lowest BCUT2D eigenvalue weighted by atomic mass is 9.95. The maximum Gasteiger partial charge on any atom is 0.417 e. The van der Waals surface area contributed by atoms with Crippen molar-refractivity contribution in [3.05, 3.63) is 94.6 Å². The molecule has 1 N–H and O–H groups in total. The molecule has 0 aliphatic carbocycles. The van der Waals surface area contributed by atoms with Gasteiger partial charge in [0.2, 0.25) is 0 Å². The highest BCUT2D eigenvalue weighted by atomic mass is 19.4. The van der Waals surface area contributed by atoms with Crippen LogP contribution in [0.25, 0.3) is 5.57 Å². The Morgan fingerprint density at radius 1 is 1.12 bits per heavy atom. The van der Waals surface area contributed by atoms with Crippen molar-refractivity contribution in [2.24, 2.45) is 0 Å². The van der Waals surface area contributed by atoms with E-state index in [2.05, 4.69) is 23.4 Å². The lowest BCUT2D eigenvalue weighted by Crippen LogP contribution is -2.07. The average molecular weight is 458 g/mol. The maximum atomic E-state index is 13.4. The number of unbranched alkanes of at least 4 members (excludes halogenated alkanes) is 1. The minimum Gasteiger partial charge on any atom is -0.508 e. The van der Waals surface area contributed by atoms with E-state index in [1.54, 1.807) is 19.1 Å². The van der Waals surface area contributed by atoms with Crippen molar-refractivity contribution >= 4 is 11.5 Å². The van der Waals surface area contributed by atoms with E-state index in [-0.39, 0.29) is 11.1 Å². The van der Waals surface area contributed by atoms with Crippen LogP contribution in [0.5, 0.6) is 5.75 Å². The Morgan fingerprint density at radius 2 is 1.79 bits per heavy atom. The number of carbonyl (C=O) groups excluding carboxylic acids is 1. The Hall–Kier alpha value is -3.79. The van der Waals surface area contributed by atoms with Gasteiger partial charge in [0.1, 0.15) is 5.75 Å². The van der Waals surface area contributed by atoms with Gasteiger partial charge in [-0.05, 0) is 60.9 Å². The number of phenolic OH excluding ortho intramolecular Hbond substituents is 1. The lowest BCUT2D eigenvalue weighted by molar-refractivity contribution is -0.137. The largest absolute Gasteiger partial charge is 0.508 e. The van der Waals surface area contributed by atoms with Crippen molar-refractivity contribution < 1.29 is 32.5 Å². The van der Waals surface area contributed by atoms with Crippen LogP contribution in [0.2, 0.25) is 0 Å². The van der Waals surface area contributed by atoms with Crippen molar-refractivity contribution in [2.45, 2.75) is 32.9 Å². The molecule has 3 nitrogen and oxygen atoms in total. The first-order chi connectivity index (χ1) is 15.6. The first kappa shape index (κ1) is 25.5. The summed E-state index contributed by atoms with van der Waals surface area (Å²) < 4.78 is 52.6. The van der Waals surface area contributed by atoms with Crippen molar-refractivity contribution in [3.63, 3.8) is 0 Å².